The van der Waals surface area contributed by atoms with Crippen molar-refractivity contribution in [3.63, 3.8) is 0 Å². The van der Waals surface area contributed by atoms with Gasteiger partial charge < -0.3 is 4.74 Å². The molecule has 4 nitrogen and oxygen atoms in total. The summed E-state index contributed by atoms with van der Waals surface area (Å²) in [6, 6.07) is 0. The molecule has 0 spiro atoms. The molecule has 1 aromatic heterocycles. The van der Waals surface area contributed by atoms with Gasteiger partial charge in [0, 0.05) is 22.7 Å². The molecule has 0 fully saturated rings. The predicted molar refractivity (Wildman–Crippen MR) is 77.4 cm³/mol. The molecule has 5 heteroatoms. The maximum absolute atomic E-state index is 11.4. The maximum Gasteiger partial charge on any atom is 0.333 e. The Labute approximate surface area is 118 Å². The monoisotopic (exact) mass is 280 g/mol. The third kappa shape index (κ3) is 4.35. The highest BCUT2D eigenvalue weighted by Gasteiger charge is 2.07. The fourth-order valence-electron chi connectivity index (χ4n) is 1.53. The van der Waals surface area contributed by atoms with E-state index in [1.165, 1.54) is 18.9 Å². The number of ether oxygens (including phenoxy) is 1. The predicted octanol–water partition coefficient (Wildman–Crippen LogP) is 3.00. The first-order valence-electron chi connectivity index (χ1n) is 6.21. The van der Waals surface area contributed by atoms with E-state index < -0.39 is 0 Å². The molecule has 0 aliphatic rings. The fraction of sp³-hybridized carbons (Fsp3) is 0.500. The molecule has 0 saturated heterocycles. The zero-order valence-corrected chi connectivity index (χ0v) is 12.9. The number of aryl methyl sites for hydroxylation is 2. The molecule has 0 saturated carbocycles. The Balaban J connectivity index is 2.72. The minimum Gasteiger partial charge on any atom is -0.466 e. The number of carbonyl (C=O) groups excluding carboxylic acids is 1. The van der Waals surface area contributed by atoms with E-state index >= 15 is 0 Å². The van der Waals surface area contributed by atoms with Gasteiger partial charge in [0.05, 0.1) is 7.11 Å². The van der Waals surface area contributed by atoms with Crippen molar-refractivity contribution in [2.24, 2.45) is 0 Å². The number of hydrogen-bond donors (Lipinski definition) is 0. The minimum absolute atomic E-state index is 0.264. The van der Waals surface area contributed by atoms with Crippen molar-refractivity contribution in [3.8, 4) is 0 Å². The van der Waals surface area contributed by atoms with Crippen LogP contribution in [0, 0.1) is 20.8 Å². The highest BCUT2D eigenvalue weighted by molar-refractivity contribution is 7.99. The number of nitrogens with zero attached hydrogens (tertiary/aromatic N) is 2. The molecular formula is C14H20N2O2S. The van der Waals surface area contributed by atoms with Crippen LogP contribution in [-0.2, 0) is 9.53 Å². The second-order valence-corrected chi connectivity index (χ2v) is 5.17. The van der Waals surface area contributed by atoms with E-state index in [2.05, 4.69) is 9.97 Å². The number of esters is 1. The number of hydrogen-bond acceptors (Lipinski definition) is 5. The van der Waals surface area contributed by atoms with Gasteiger partial charge in [0.25, 0.3) is 0 Å². The average molecular weight is 280 g/mol. The second kappa shape index (κ2) is 7.28. The van der Waals surface area contributed by atoms with E-state index in [1.807, 2.05) is 33.8 Å². The zero-order valence-electron chi connectivity index (χ0n) is 12.1. The van der Waals surface area contributed by atoms with Crippen LogP contribution >= 0.6 is 11.8 Å². The van der Waals surface area contributed by atoms with Gasteiger partial charge in [-0.25, -0.2) is 14.8 Å². The molecule has 0 amide bonds. The van der Waals surface area contributed by atoms with Crippen molar-refractivity contribution in [1.29, 1.82) is 0 Å². The van der Waals surface area contributed by atoms with Crippen molar-refractivity contribution in [2.75, 3.05) is 12.9 Å². The summed E-state index contributed by atoms with van der Waals surface area (Å²) in [4.78, 5) is 20.3. The summed E-state index contributed by atoms with van der Waals surface area (Å²) in [5, 5.41) is 0.747. The lowest BCUT2D eigenvalue weighted by Gasteiger charge is -2.06. The van der Waals surface area contributed by atoms with E-state index in [1.54, 1.807) is 0 Å². The smallest absolute Gasteiger partial charge is 0.333 e. The zero-order chi connectivity index (χ0) is 14.4. The van der Waals surface area contributed by atoms with Gasteiger partial charge in [0.1, 0.15) is 0 Å². The first-order valence-corrected chi connectivity index (χ1v) is 7.20. The van der Waals surface area contributed by atoms with Gasteiger partial charge in [-0.3, -0.25) is 0 Å². The summed E-state index contributed by atoms with van der Waals surface area (Å²) in [6.45, 7) is 7.92. The Morgan fingerprint density at radius 3 is 2.32 bits per heavy atom. The molecule has 1 aromatic rings. The number of methoxy groups -OCH3 is 1. The lowest BCUT2D eigenvalue weighted by molar-refractivity contribution is -0.136. The van der Waals surface area contributed by atoms with Crippen LogP contribution in [0.4, 0.5) is 0 Å². The summed E-state index contributed by atoms with van der Waals surface area (Å²) >= 11 is 1.52. The van der Waals surface area contributed by atoms with Gasteiger partial charge in [0.15, 0.2) is 5.16 Å². The van der Waals surface area contributed by atoms with Crippen LogP contribution < -0.4 is 0 Å². The van der Waals surface area contributed by atoms with Crippen LogP contribution in [0.3, 0.4) is 0 Å². The lowest BCUT2D eigenvalue weighted by Crippen LogP contribution is -2.04. The van der Waals surface area contributed by atoms with E-state index in [0.717, 1.165) is 22.1 Å². The quantitative estimate of drug-likeness (QED) is 0.359. The van der Waals surface area contributed by atoms with Crippen molar-refractivity contribution < 1.29 is 9.53 Å². The molecule has 0 radical (unpaired) electrons. The normalized spacial score (nSPS) is 11.5. The van der Waals surface area contributed by atoms with Gasteiger partial charge in [-0.1, -0.05) is 24.8 Å². The van der Waals surface area contributed by atoms with Crippen molar-refractivity contribution in [1.82, 2.24) is 9.97 Å². The Bertz CT molecular complexity index is 475. The van der Waals surface area contributed by atoms with Crippen LogP contribution in [0.2, 0.25) is 0 Å². The van der Waals surface area contributed by atoms with Gasteiger partial charge in [-0.15, -0.1) is 0 Å². The van der Waals surface area contributed by atoms with E-state index in [4.69, 9.17) is 4.74 Å². The highest BCUT2D eigenvalue weighted by Crippen LogP contribution is 2.18. The summed E-state index contributed by atoms with van der Waals surface area (Å²) in [5.74, 6) is 0.403. The standard InChI is InChI=1S/C14H20N2O2S/c1-6-12(13(17)18-5)7-8-19-14-15-10(3)9(2)11(4)16-14/h7H,6,8H2,1-5H3. The van der Waals surface area contributed by atoms with E-state index in [-0.39, 0.29) is 5.97 Å². The van der Waals surface area contributed by atoms with Crippen molar-refractivity contribution in [3.05, 3.63) is 28.6 Å². The van der Waals surface area contributed by atoms with E-state index in [9.17, 15) is 4.79 Å². The van der Waals surface area contributed by atoms with Crippen LogP contribution in [-0.4, -0.2) is 28.8 Å². The van der Waals surface area contributed by atoms with Crippen LogP contribution in [0.15, 0.2) is 16.8 Å². The summed E-state index contributed by atoms with van der Waals surface area (Å²) < 4.78 is 4.71. The van der Waals surface area contributed by atoms with Crippen LogP contribution in [0.5, 0.6) is 0 Å². The molecule has 0 aliphatic carbocycles. The number of thioether (sulfide) groups is 1. The third-order valence-electron chi connectivity index (χ3n) is 2.98. The summed E-state index contributed by atoms with van der Waals surface area (Å²) in [5.41, 5.74) is 3.82. The maximum atomic E-state index is 11.4. The molecule has 1 heterocycles. The minimum atomic E-state index is -0.264. The van der Waals surface area contributed by atoms with Crippen molar-refractivity contribution >= 4 is 17.7 Å². The van der Waals surface area contributed by atoms with E-state index in [0.29, 0.717) is 17.7 Å². The first kappa shape index (κ1) is 15.7. The summed E-state index contributed by atoms with van der Waals surface area (Å²) in [6.07, 6.45) is 2.55. The number of carbonyl (C=O) groups is 1. The molecule has 0 unspecified atom stereocenters. The van der Waals surface area contributed by atoms with Crippen molar-refractivity contribution in [2.45, 2.75) is 39.3 Å². The molecule has 19 heavy (non-hydrogen) atoms. The SMILES string of the molecule is CCC(=CCSc1nc(C)c(C)c(C)n1)C(=O)OC. The Morgan fingerprint density at radius 2 is 1.84 bits per heavy atom. The summed E-state index contributed by atoms with van der Waals surface area (Å²) in [7, 11) is 1.40. The highest BCUT2D eigenvalue weighted by atomic mass is 32.2. The van der Waals surface area contributed by atoms with Gasteiger partial charge in [0.2, 0.25) is 0 Å². The molecule has 0 bridgehead atoms. The number of rotatable bonds is 5. The largest absolute Gasteiger partial charge is 0.466 e. The Hall–Kier alpha value is -1.36. The molecule has 0 aromatic carbocycles. The van der Waals surface area contributed by atoms with Gasteiger partial charge >= 0.3 is 5.97 Å². The number of aromatic nitrogens is 2. The Kier molecular flexibility index (Phi) is 6.02. The molecule has 1 rings (SSSR count). The fourth-order valence-corrected chi connectivity index (χ4v) is 2.36. The van der Waals surface area contributed by atoms with Crippen LogP contribution in [0.1, 0.15) is 30.3 Å². The lowest BCUT2D eigenvalue weighted by atomic mass is 10.2. The average Bonchev–Trinajstić information content (AvgIpc) is 2.40. The molecular weight excluding hydrogens is 260 g/mol. The third-order valence-corrected chi connectivity index (χ3v) is 3.76. The van der Waals surface area contributed by atoms with Gasteiger partial charge in [-0.05, 0) is 32.8 Å². The first-order chi connectivity index (χ1) is 8.99. The van der Waals surface area contributed by atoms with Crippen LogP contribution in [0.25, 0.3) is 0 Å². The topological polar surface area (TPSA) is 52.1 Å². The second-order valence-electron chi connectivity index (χ2n) is 4.19. The molecule has 0 atom stereocenters. The Morgan fingerprint density at radius 1 is 1.26 bits per heavy atom. The van der Waals surface area contributed by atoms with Gasteiger partial charge in [-0.2, -0.15) is 0 Å². The molecule has 0 aliphatic heterocycles. The molecule has 104 valence electrons. The molecule has 0 N–H and O–H groups in total.